The zero-order valence-corrected chi connectivity index (χ0v) is 13.9. The molecule has 0 saturated carbocycles. The summed E-state index contributed by atoms with van der Waals surface area (Å²) in [6.07, 6.45) is -3.86. The topological polar surface area (TPSA) is 47.4 Å². The lowest BCUT2D eigenvalue weighted by Gasteiger charge is -2.19. The Bertz CT molecular complexity index is 773. The van der Waals surface area contributed by atoms with E-state index >= 15 is 0 Å². The number of ether oxygens (including phenoxy) is 1. The standard InChI is InChI=1S/C16H16F5N3O2/c1-3-24-13(16(19,20)21)12(8-22-24)14(25)23(2)9-10-5-4-6-11(7-10)26-15(17)18/h4-8,15H,3,9H2,1-2H3. The van der Waals surface area contributed by atoms with Crippen molar-refractivity contribution in [1.29, 1.82) is 0 Å². The maximum absolute atomic E-state index is 13.2. The Kier molecular flexibility index (Phi) is 5.83. The first-order valence-electron chi connectivity index (χ1n) is 7.55. The molecule has 1 aromatic heterocycles. The van der Waals surface area contributed by atoms with E-state index in [1.54, 1.807) is 6.07 Å². The second-order valence-corrected chi connectivity index (χ2v) is 5.41. The summed E-state index contributed by atoms with van der Waals surface area (Å²) in [5, 5.41) is 3.60. The number of hydrogen-bond acceptors (Lipinski definition) is 3. The van der Waals surface area contributed by atoms with Gasteiger partial charge < -0.3 is 9.64 Å². The number of hydrogen-bond donors (Lipinski definition) is 0. The molecule has 0 bridgehead atoms. The molecule has 26 heavy (non-hydrogen) atoms. The van der Waals surface area contributed by atoms with Crippen molar-refractivity contribution >= 4 is 5.91 Å². The van der Waals surface area contributed by atoms with Crippen molar-refractivity contribution in [2.75, 3.05) is 7.05 Å². The Morgan fingerprint density at radius 1 is 1.35 bits per heavy atom. The summed E-state index contributed by atoms with van der Waals surface area (Å²) < 4.78 is 69.2. The minimum atomic E-state index is -4.73. The van der Waals surface area contributed by atoms with E-state index in [-0.39, 0.29) is 18.8 Å². The number of halogens is 5. The van der Waals surface area contributed by atoms with Gasteiger partial charge in [-0.3, -0.25) is 9.48 Å². The van der Waals surface area contributed by atoms with Crippen LogP contribution < -0.4 is 4.74 Å². The molecule has 2 aromatic rings. The molecule has 0 N–H and O–H groups in total. The monoisotopic (exact) mass is 377 g/mol. The van der Waals surface area contributed by atoms with Gasteiger partial charge in [-0.25, -0.2) is 0 Å². The Hall–Kier alpha value is -2.65. The largest absolute Gasteiger partial charge is 0.435 e. The molecule has 5 nitrogen and oxygen atoms in total. The summed E-state index contributed by atoms with van der Waals surface area (Å²) in [6.45, 7) is -1.65. The average molecular weight is 377 g/mol. The smallest absolute Gasteiger partial charge is 0.433 e. The van der Waals surface area contributed by atoms with E-state index in [0.717, 1.165) is 11.1 Å². The van der Waals surface area contributed by atoms with Gasteiger partial charge >= 0.3 is 12.8 Å². The molecular weight excluding hydrogens is 361 g/mol. The highest BCUT2D eigenvalue weighted by Crippen LogP contribution is 2.32. The Labute approximate surface area is 146 Å². The molecule has 0 aliphatic carbocycles. The fraction of sp³-hybridized carbons (Fsp3) is 0.375. The maximum Gasteiger partial charge on any atom is 0.433 e. The third-order valence-electron chi connectivity index (χ3n) is 3.53. The first kappa shape index (κ1) is 19.7. The minimum absolute atomic E-state index is 0.0428. The van der Waals surface area contributed by atoms with E-state index in [4.69, 9.17) is 0 Å². The number of aryl methyl sites for hydroxylation is 1. The van der Waals surface area contributed by atoms with Crippen molar-refractivity contribution in [3.63, 3.8) is 0 Å². The Balaban J connectivity index is 2.22. The third-order valence-corrected chi connectivity index (χ3v) is 3.53. The van der Waals surface area contributed by atoms with E-state index in [1.165, 1.54) is 32.2 Å². The fourth-order valence-corrected chi connectivity index (χ4v) is 2.45. The molecule has 0 spiro atoms. The number of amides is 1. The second-order valence-electron chi connectivity index (χ2n) is 5.41. The zero-order chi connectivity index (χ0) is 19.5. The lowest BCUT2D eigenvalue weighted by molar-refractivity contribution is -0.144. The number of rotatable bonds is 6. The molecule has 0 radical (unpaired) electrons. The highest BCUT2D eigenvalue weighted by atomic mass is 19.4. The van der Waals surface area contributed by atoms with Gasteiger partial charge in [0.2, 0.25) is 0 Å². The molecule has 0 aliphatic heterocycles. The highest BCUT2D eigenvalue weighted by molar-refractivity contribution is 5.95. The summed E-state index contributed by atoms with van der Waals surface area (Å²) in [4.78, 5) is 13.5. The summed E-state index contributed by atoms with van der Waals surface area (Å²) >= 11 is 0. The lowest BCUT2D eigenvalue weighted by Crippen LogP contribution is -2.28. The Morgan fingerprint density at radius 3 is 2.62 bits per heavy atom. The van der Waals surface area contributed by atoms with Crippen LogP contribution in [0.5, 0.6) is 5.75 Å². The Morgan fingerprint density at radius 2 is 2.04 bits per heavy atom. The molecule has 0 aliphatic rings. The summed E-state index contributed by atoms with van der Waals surface area (Å²) in [5.74, 6) is -0.981. The van der Waals surface area contributed by atoms with Gasteiger partial charge in [-0.1, -0.05) is 12.1 Å². The number of benzene rings is 1. The van der Waals surface area contributed by atoms with Gasteiger partial charge in [0.05, 0.1) is 11.8 Å². The molecule has 2 rings (SSSR count). The SMILES string of the molecule is CCn1ncc(C(=O)N(C)Cc2cccc(OC(F)F)c2)c1C(F)(F)F. The predicted octanol–water partition coefficient (Wildman–Crippen LogP) is 3.80. The molecule has 142 valence electrons. The van der Waals surface area contributed by atoms with Crippen molar-refractivity contribution in [2.45, 2.75) is 32.8 Å². The van der Waals surface area contributed by atoms with E-state index in [9.17, 15) is 26.7 Å². The van der Waals surface area contributed by atoms with Crippen LogP contribution in [0.1, 0.15) is 28.5 Å². The van der Waals surface area contributed by atoms with Crippen molar-refractivity contribution in [3.05, 3.63) is 47.3 Å². The zero-order valence-electron chi connectivity index (χ0n) is 13.9. The number of carbonyl (C=O) groups excluding carboxylic acids is 1. The van der Waals surface area contributed by atoms with Crippen LogP contribution in [0.4, 0.5) is 22.0 Å². The number of aromatic nitrogens is 2. The van der Waals surface area contributed by atoms with Gasteiger partial charge in [-0.15, -0.1) is 0 Å². The van der Waals surface area contributed by atoms with Crippen LogP contribution in [0.25, 0.3) is 0 Å². The summed E-state index contributed by atoms with van der Waals surface area (Å²) in [5.41, 5.74) is -1.26. The average Bonchev–Trinajstić information content (AvgIpc) is 2.98. The summed E-state index contributed by atoms with van der Waals surface area (Å²) in [6, 6.07) is 5.59. The van der Waals surface area contributed by atoms with Gasteiger partial charge in [0.25, 0.3) is 5.91 Å². The molecule has 0 unspecified atom stereocenters. The van der Waals surface area contributed by atoms with Crippen molar-refractivity contribution < 1.29 is 31.5 Å². The molecule has 10 heteroatoms. The predicted molar refractivity (Wildman–Crippen MR) is 81.8 cm³/mol. The van der Waals surface area contributed by atoms with Crippen molar-refractivity contribution in [3.8, 4) is 5.75 Å². The van der Waals surface area contributed by atoms with Crippen molar-refractivity contribution in [2.24, 2.45) is 0 Å². The first-order chi connectivity index (χ1) is 12.1. The molecule has 1 aromatic carbocycles. The van der Waals surface area contributed by atoms with Crippen LogP contribution in [-0.2, 0) is 19.3 Å². The van der Waals surface area contributed by atoms with Crippen LogP contribution in [0.2, 0.25) is 0 Å². The van der Waals surface area contributed by atoms with E-state index in [2.05, 4.69) is 9.84 Å². The van der Waals surface area contributed by atoms with Crippen LogP contribution in [0, 0.1) is 0 Å². The molecule has 0 saturated heterocycles. The first-order valence-corrected chi connectivity index (χ1v) is 7.55. The van der Waals surface area contributed by atoms with E-state index in [0.29, 0.717) is 10.2 Å². The van der Waals surface area contributed by atoms with Gasteiger partial charge in [0, 0.05) is 20.1 Å². The van der Waals surface area contributed by atoms with Gasteiger partial charge in [-0.2, -0.15) is 27.1 Å². The minimum Gasteiger partial charge on any atom is -0.435 e. The second kappa shape index (κ2) is 7.71. The maximum atomic E-state index is 13.2. The van der Waals surface area contributed by atoms with Crippen LogP contribution >= 0.6 is 0 Å². The molecule has 1 amide bonds. The van der Waals surface area contributed by atoms with E-state index in [1.807, 2.05) is 0 Å². The lowest BCUT2D eigenvalue weighted by atomic mass is 10.1. The molecule has 0 atom stereocenters. The normalized spacial score (nSPS) is 11.7. The molecule has 1 heterocycles. The van der Waals surface area contributed by atoms with Gasteiger partial charge in [0.1, 0.15) is 5.75 Å². The number of alkyl halides is 5. The third kappa shape index (κ3) is 4.50. The van der Waals surface area contributed by atoms with Crippen LogP contribution in [-0.4, -0.2) is 34.2 Å². The summed E-state index contributed by atoms with van der Waals surface area (Å²) in [7, 11) is 1.31. The van der Waals surface area contributed by atoms with Gasteiger partial charge in [0.15, 0.2) is 5.69 Å². The van der Waals surface area contributed by atoms with Crippen LogP contribution in [0.3, 0.4) is 0 Å². The number of nitrogens with zero attached hydrogens (tertiary/aromatic N) is 3. The quantitative estimate of drug-likeness (QED) is 0.720. The van der Waals surface area contributed by atoms with E-state index < -0.39 is 30.0 Å². The van der Waals surface area contributed by atoms with Gasteiger partial charge in [-0.05, 0) is 24.6 Å². The fourth-order valence-electron chi connectivity index (χ4n) is 2.45. The number of carbonyl (C=O) groups is 1. The van der Waals surface area contributed by atoms with Crippen LogP contribution in [0.15, 0.2) is 30.5 Å². The molecular formula is C16H16F5N3O2. The highest BCUT2D eigenvalue weighted by Gasteiger charge is 2.40. The molecule has 0 fully saturated rings. The van der Waals surface area contributed by atoms with Crippen molar-refractivity contribution in [1.82, 2.24) is 14.7 Å².